The van der Waals surface area contributed by atoms with E-state index in [2.05, 4.69) is 36.5 Å². The molecule has 1 atom stereocenters. The van der Waals surface area contributed by atoms with Crippen molar-refractivity contribution in [2.45, 2.75) is 70.5 Å². The Bertz CT molecular complexity index is 861. The van der Waals surface area contributed by atoms with Crippen molar-refractivity contribution < 1.29 is 9.59 Å². The Morgan fingerprint density at radius 2 is 1.68 bits per heavy atom. The van der Waals surface area contributed by atoms with Crippen LogP contribution in [0.5, 0.6) is 0 Å². The maximum atomic E-state index is 13.2. The molecule has 0 saturated carbocycles. The van der Waals surface area contributed by atoms with Gasteiger partial charge < -0.3 is 10.2 Å². The van der Waals surface area contributed by atoms with Gasteiger partial charge in [0.15, 0.2) is 0 Å². The number of hydrogen-bond acceptors (Lipinski definition) is 3. The van der Waals surface area contributed by atoms with Crippen molar-refractivity contribution >= 4 is 35.2 Å². The summed E-state index contributed by atoms with van der Waals surface area (Å²) in [7, 11) is 0. The van der Waals surface area contributed by atoms with Crippen LogP contribution in [0.15, 0.2) is 53.4 Å². The molecular formula is C25H33ClN2O2S. The second kappa shape index (κ2) is 11.6. The predicted molar refractivity (Wildman–Crippen MR) is 130 cm³/mol. The van der Waals surface area contributed by atoms with Crippen LogP contribution in [0.4, 0.5) is 0 Å². The fraction of sp³-hybridized carbons (Fsp3) is 0.440. The van der Waals surface area contributed by atoms with Crippen molar-refractivity contribution in [1.82, 2.24) is 10.2 Å². The van der Waals surface area contributed by atoms with E-state index in [9.17, 15) is 9.59 Å². The SMILES string of the molecule is CC[C@@H](C(=O)NC(C)(C)C)N(Cc1ccc(Cl)cc1)C(=O)CCSc1ccc(C)cc1. The molecule has 2 rings (SSSR count). The lowest BCUT2D eigenvalue weighted by atomic mass is 10.1. The van der Waals surface area contributed by atoms with Gasteiger partial charge in [0, 0.05) is 34.2 Å². The molecule has 0 aromatic heterocycles. The third-order valence-corrected chi connectivity index (χ3v) is 6.02. The summed E-state index contributed by atoms with van der Waals surface area (Å²) >= 11 is 7.67. The van der Waals surface area contributed by atoms with Crippen LogP contribution in [0.3, 0.4) is 0 Å². The minimum absolute atomic E-state index is 0.0227. The summed E-state index contributed by atoms with van der Waals surface area (Å²) in [5.41, 5.74) is 1.80. The lowest BCUT2D eigenvalue weighted by Crippen LogP contribution is -2.53. The standard InChI is InChI=1S/C25H33ClN2O2S/c1-6-22(24(30)27-25(3,4)5)28(17-19-9-11-20(26)12-10-19)23(29)15-16-31-21-13-7-18(2)8-14-21/h7-14,22H,6,15-17H2,1-5H3,(H,27,30)/t22-/m0/s1. The number of nitrogens with one attached hydrogen (secondary N) is 1. The number of rotatable bonds is 9. The first-order valence-corrected chi connectivity index (χ1v) is 12.0. The second-order valence-electron chi connectivity index (χ2n) is 8.72. The molecular weight excluding hydrogens is 428 g/mol. The second-order valence-corrected chi connectivity index (χ2v) is 10.3. The number of carbonyl (C=O) groups is 2. The molecule has 2 amide bonds. The van der Waals surface area contributed by atoms with Gasteiger partial charge in [-0.1, -0.05) is 48.4 Å². The number of nitrogens with zero attached hydrogens (tertiary/aromatic N) is 1. The van der Waals surface area contributed by atoms with Crippen LogP contribution in [0.2, 0.25) is 5.02 Å². The van der Waals surface area contributed by atoms with Crippen LogP contribution in [0.25, 0.3) is 0 Å². The smallest absolute Gasteiger partial charge is 0.243 e. The van der Waals surface area contributed by atoms with Gasteiger partial charge in [-0.3, -0.25) is 9.59 Å². The maximum Gasteiger partial charge on any atom is 0.243 e. The zero-order chi connectivity index (χ0) is 23.0. The minimum Gasteiger partial charge on any atom is -0.350 e. The van der Waals surface area contributed by atoms with Crippen molar-refractivity contribution in [3.63, 3.8) is 0 Å². The highest BCUT2D eigenvalue weighted by atomic mass is 35.5. The number of halogens is 1. The maximum absolute atomic E-state index is 13.2. The van der Waals surface area contributed by atoms with Gasteiger partial charge in [0.2, 0.25) is 11.8 Å². The van der Waals surface area contributed by atoms with Crippen LogP contribution < -0.4 is 5.32 Å². The first kappa shape index (κ1) is 25.3. The molecule has 0 bridgehead atoms. The lowest BCUT2D eigenvalue weighted by molar-refractivity contribution is -0.141. The van der Waals surface area contributed by atoms with E-state index in [1.807, 2.05) is 52.0 Å². The molecule has 0 radical (unpaired) electrons. The molecule has 6 heteroatoms. The molecule has 0 aliphatic rings. The molecule has 2 aromatic carbocycles. The third kappa shape index (κ3) is 8.58. The lowest BCUT2D eigenvalue weighted by Gasteiger charge is -2.33. The summed E-state index contributed by atoms with van der Waals surface area (Å²) in [6.07, 6.45) is 0.914. The highest BCUT2D eigenvalue weighted by Gasteiger charge is 2.30. The number of thioether (sulfide) groups is 1. The molecule has 0 spiro atoms. The van der Waals surface area contributed by atoms with Gasteiger partial charge in [-0.25, -0.2) is 0 Å². The zero-order valence-electron chi connectivity index (χ0n) is 19.1. The molecule has 4 nitrogen and oxygen atoms in total. The molecule has 0 aliphatic carbocycles. The molecule has 0 unspecified atom stereocenters. The average Bonchev–Trinajstić information content (AvgIpc) is 2.69. The normalized spacial score (nSPS) is 12.3. The minimum atomic E-state index is -0.522. The Hall–Kier alpha value is -1.98. The van der Waals surface area contributed by atoms with Crippen molar-refractivity contribution in [3.05, 3.63) is 64.7 Å². The Morgan fingerprint density at radius 3 is 2.23 bits per heavy atom. The van der Waals surface area contributed by atoms with Gasteiger partial charge in [0.25, 0.3) is 0 Å². The van der Waals surface area contributed by atoms with Gasteiger partial charge >= 0.3 is 0 Å². The molecule has 0 fully saturated rings. The Kier molecular flexibility index (Phi) is 9.45. The van der Waals surface area contributed by atoms with Crippen LogP contribution in [0.1, 0.15) is 51.7 Å². The van der Waals surface area contributed by atoms with Crippen molar-refractivity contribution in [3.8, 4) is 0 Å². The number of benzene rings is 2. The molecule has 1 N–H and O–H groups in total. The van der Waals surface area contributed by atoms with Gasteiger partial charge in [0.1, 0.15) is 6.04 Å². The van der Waals surface area contributed by atoms with E-state index in [4.69, 9.17) is 11.6 Å². The van der Waals surface area contributed by atoms with Crippen molar-refractivity contribution in [2.24, 2.45) is 0 Å². The van der Waals surface area contributed by atoms with Gasteiger partial charge in [0.05, 0.1) is 0 Å². The van der Waals surface area contributed by atoms with E-state index in [0.717, 1.165) is 10.5 Å². The first-order chi connectivity index (χ1) is 14.6. The van der Waals surface area contributed by atoms with Gasteiger partial charge in [-0.05, 0) is 63.9 Å². The van der Waals surface area contributed by atoms with E-state index < -0.39 is 6.04 Å². The topological polar surface area (TPSA) is 49.4 Å². The largest absolute Gasteiger partial charge is 0.350 e. The Labute approximate surface area is 195 Å². The highest BCUT2D eigenvalue weighted by molar-refractivity contribution is 7.99. The molecule has 0 saturated heterocycles. The Balaban J connectivity index is 2.14. The van der Waals surface area contributed by atoms with E-state index in [1.54, 1.807) is 16.7 Å². The van der Waals surface area contributed by atoms with Crippen molar-refractivity contribution in [2.75, 3.05) is 5.75 Å². The zero-order valence-corrected chi connectivity index (χ0v) is 20.6. The Morgan fingerprint density at radius 1 is 1.06 bits per heavy atom. The first-order valence-electron chi connectivity index (χ1n) is 10.6. The summed E-state index contributed by atoms with van der Waals surface area (Å²) in [4.78, 5) is 29.1. The fourth-order valence-electron chi connectivity index (χ4n) is 3.19. The molecule has 2 aromatic rings. The van der Waals surface area contributed by atoms with E-state index in [1.165, 1.54) is 5.56 Å². The summed E-state index contributed by atoms with van der Waals surface area (Å²) in [6.45, 7) is 10.2. The summed E-state index contributed by atoms with van der Waals surface area (Å²) in [5, 5.41) is 3.68. The number of amides is 2. The van der Waals surface area contributed by atoms with Crippen LogP contribution in [-0.2, 0) is 16.1 Å². The molecule has 0 heterocycles. The van der Waals surface area contributed by atoms with Crippen LogP contribution in [-0.4, -0.2) is 34.0 Å². The average molecular weight is 461 g/mol. The highest BCUT2D eigenvalue weighted by Crippen LogP contribution is 2.21. The number of carbonyl (C=O) groups excluding carboxylic acids is 2. The summed E-state index contributed by atoms with van der Waals surface area (Å²) in [6, 6.07) is 15.2. The van der Waals surface area contributed by atoms with Gasteiger partial charge in [-0.15, -0.1) is 11.8 Å². The number of aryl methyl sites for hydroxylation is 1. The monoisotopic (exact) mass is 460 g/mol. The summed E-state index contributed by atoms with van der Waals surface area (Å²) < 4.78 is 0. The predicted octanol–water partition coefficient (Wildman–Crippen LogP) is 5.85. The fourth-order valence-corrected chi connectivity index (χ4v) is 4.16. The van der Waals surface area contributed by atoms with Crippen LogP contribution in [0, 0.1) is 6.92 Å². The van der Waals surface area contributed by atoms with E-state index in [0.29, 0.717) is 30.2 Å². The molecule has 168 valence electrons. The van der Waals surface area contributed by atoms with Crippen molar-refractivity contribution in [1.29, 1.82) is 0 Å². The quantitative estimate of drug-likeness (QED) is 0.477. The van der Waals surface area contributed by atoms with E-state index in [-0.39, 0.29) is 17.4 Å². The summed E-state index contributed by atoms with van der Waals surface area (Å²) in [5.74, 6) is 0.519. The molecule has 31 heavy (non-hydrogen) atoms. The van der Waals surface area contributed by atoms with Gasteiger partial charge in [-0.2, -0.15) is 0 Å². The number of hydrogen-bond donors (Lipinski definition) is 1. The van der Waals surface area contributed by atoms with Crippen LogP contribution >= 0.6 is 23.4 Å². The van der Waals surface area contributed by atoms with E-state index >= 15 is 0 Å². The molecule has 0 aliphatic heterocycles. The third-order valence-electron chi connectivity index (χ3n) is 4.76.